The molecular formula is C64H40N4. The fourth-order valence-electron chi connectivity index (χ4n) is 10.7. The lowest BCUT2D eigenvalue weighted by Crippen LogP contribution is -2.09. The predicted molar refractivity (Wildman–Crippen MR) is 287 cm³/mol. The highest BCUT2D eigenvalue weighted by molar-refractivity contribution is 6.27. The molecule has 0 aliphatic carbocycles. The number of rotatable bonds is 6. The molecule has 0 saturated carbocycles. The molecule has 0 fully saturated rings. The molecule has 14 rings (SSSR count). The molecule has 2 heterocycles. The quantitative estimate of drug-likeness (QED) is 0.123. The normalized spacial score (nSPS) is 11.8. The first kappa shape index (κ1) is 38.2. The Labute approximate surface area is 392 Å². The topological polar surface area (TPSA) is 34.0 Å². The van der Waals surface area contributed by atoms with Crippen molar-refractivity contribution in [1.29, 1.82) is 0 Å². The van der Waals surface area contributed by atoms with Crippen molar-refractivity contribution in [3.05, 3.63) is 243 Å². The maximum Gasteiger partial charge on any atom is 0.0995 e. The van der Waals surface area contributed by atoms with Gasteiger partial charge in [-0.05, 0) is 140 Å². The molecule has 0 unspecified atom stereocenters. The van der Waals surface area contributed by atoms with Gasteiger partial charge in [-0.2, -0.15) is 0 Å². The first-order valence-corrected chi connectivity index (χ1v) is 23.2. The van der Waals surface area contributed by atoms with Crippen molar-refractivity contribution in [2.75, 3.05) is 4.90 Å². The second-order valence-corrected chi connectivity index (χ2v) is 17.8. The lowest BCUT2D eigenvalue weighted by molar-refractivity contribution is 1.18. The van der Waals surface area contributed by atoms with Gasteiger partial charge in [-0.1, -0.05) is 158 Å². The van der Waals surface area contributed by atoms with Gasteiger partial charge in [0.15, 0.2) is 0 Å². The third-order valence-electron chi connectivity index (χ3n) is 13.8. The van der Waals surface area contributed by atoms with Gasteiger partial charge >= 0.3 is 0 Å². The molecule has 14 aromatic rings. The molecule has 12 aromatic carbocycles. The molecule has 0 aliphatic rings. The first-order chi connectivity index (χ1) is 33.7. The molecule has 0 N–H and O–H groups in total. The van der Waals surface area contributed by atoms with Crippen LogP contribution >= 0.6 is 0 Å². The maximum absolute atomic E-state index is 5.73. The zero-order chi connectivity index (χ0) is 44.7. The minimum atomic E-state index is 0.870. The third kappa shape index (κ3) is 6.08. The van der Waals surface area contributed by atoms with Crippen molar-refractivity contribution in [2.45, 2.75) is 0 Å². The summed E-state index contributed by atoms with van der Waals surface area (Å²) in [5.74, 6) is 0. The molecule has 0 saturated heterocycles. The fraction of sp³-hybridized carbons (Fsp3) is 0. The fourth-order valence-corrected chi connectivity index (χ4v) is 10.7. The van der Waals surface area contributed by atoms with E-state index in [2.05, 4.69) is 252 Å². The summed E-state index contributed by atoms with van der Waals surface area (Å²) in [6.45, 7) is 0. The monoisotopic (exact) mass is 864 g/mol. The van der Waals surface area contributed by atoms with Crippen molar-refractivity contribution in [3.63, 3.8) is 0 Å². The Bertz CT molecular complexity index is 4190. The van der Waals surface area contributed by atoms with Crippen LogP contribution in [0.2, 0.25) is 0 Å². The molecule has 0 spiro atoms. The van der Waals surface area contributed by atoms with Gasteiger partial charge in [-0.15, -0.1) is 0 Å². The Morgan fingerprint density at radius 2 is 0.838 bits per heavy atom. The number of benzene rings is 12. The van der Waals surface area contributed by atoms with Gasteiger partial charge in [0.05, 0.1) is 33.1 Å². The third-order valence-corrected chi connectivity index (χ3v) is 13.8. The van der Waals surface area contributed by atoms with Gasteiger partial charge in [0.2, 0.25) is 0 Å². The molecule has 0 aliphatic heterocycles. The maximum atomic E-state index is 5.73. The van der Waals surface area contributed by atoms with Crippen LogP contribution in [0, 0.1) is 0 Å². The highest BCUT2D eigenvalue weighted by Crippen LogP contribution is 2.43. The van der Waals surface area contributed by atoms with E-state index in [1.54, 1.807) is 0 Å². The van der Waals surface area contributed by atoms with Crippen LogP contribution in [0.3, 0.4) is 0 Å². The first-order valence-electron chi connectivity index (χ1n) is 23.2. The van der Waals surface area contributed by atoms with Crippen molar-refractivity contribution < 1.29 is 0 Å². The Kier molecular flexibility index (Phi) is 8.55. The van der Waals surface area contributed by atoms with Gasteiger partial charge in [-0.25, -0.2) is 9.97 Å². The van der Waals surface area contributed by atoms with E-state index in [4.69, 9.17) is 9.97 Å². The van der Waals surface area contributed by atoms with Gasteiger partial charge in [-0.3, -0.25) is 0 Å². The van der Waals surface area contributed by atoms with Crippen LogP contribution in [-0.4, -0.2) is 14.5 Å². The Balaban J connectivity index is 1.02. The number of hydrogen-bond donors (Lipinski definition) is 0. The van der Waals surface area contributed by atoms with Crippen LogP contribution in [0.25, 0.3) is 115 Å². The summed E-state index contributed by atoms with van der Waals surface area (Å²) in [7, 11) is 0. The molecule has 0 radical (unpaired) electrons. The average molecular weight is 865 g/mol. The van der Waals surface area contributed by atoms with E-state index in [9.17, 15) is 0 Å². The molecule has 316 valence electrons. The Hall–Kier alpha value is -9.12. The van der Waals surface area contributed by atoms with Gasteiger partial charge < -0.3 is 9.47 Å². The summed E-state index contributed by atoms with van der Waals surface area (Å²) in [5.41, 5.74) is 14.8. The number of fused-ring (bicyclic) bond motifs is 13. The van der Waals surface area contributed by atoms with E-state index in [-0.39, 0.29) is 0 Å². The minimum absolute atomic E-state index is 0.870. The second kappa shape index (κ2) is 15.2. The smallest absolute Gasteiger partial charge is 0.0995 e. The molecule has 4 heteroatoms. The van der Waals surface area contributed by atoms with Crippen molar-refractivity contribution >= 4 is 104 Å². The van der Waals surface area contributed by atoms with E-state index >= 15 is 0 Å². The summed E-state index contributed by atoms with van der Waals surface area (Å²) in [5, 5.41) is 11.6. The summed E-state index contributed by atoms with van der Waals surface area (Å²) >= 11 is 0. The average Bonchev–Trinajstić information content (AvgIpc) is 3.76. The predicted octanol–water partition coefficient (Wildman–Crippen LogP) is 17.3. The Morgan fingerprint density at radius 3 is 1.50 bits per heavy atom. The van der Waals surface area contributed by atoms with Crippen molar-refractivity contribution in [1.82, 2.24) is 14.5 Å². The second-order valence-electron chi connectivity index (χ2n) is 17.8. The van der Waals surface area contributed by atoms with Crippen LogP contribution in [0.4, 0.5) is 17.1 Å². The van der Waals surface area contributed by atoms with E-state index in [0.717, 1.165) is 99.3 Å². The van der Waals surface area contributed by atoms with E-state index in [1.807, 2.05) is 0 Å². The summed E-state index contributed by atoms with van der Waals surface area (Å²) in [6, 6.07) is 87.6. The Morgan fingerprint density at radius 1 is 0.294 bits per heavy atom. The molecule has 0 bridgehead atoms. The van der Waals surface area contributed by atoms with E-state index in [0.29, 0.717) is 0 Å². The molecular weight excluding hydrogens is 825 g/mol. The number of nitrogens with zero attached hydrogens (tertiary/aromatic N) is 4. The largest absolute Gasteiger partial charge is 0.310 e. The molecule has 4 nitrogen and oxygen atoms in total. The van der Waals surface area contributed by atoms with Crippen LogP contribution in [0.5, 0.6) is 0 Å². The van der Waals surface area contributed by atoms with Crippen LogP contribution in [-0.2, 0) is 0 Å². The number of para-hydroxylation sites is 3. The van der Waals surface area contributed by atoms with Gasteiger partial charge in [0.25, 0.3) is 0 Å². The molecule has 0 amide bonds. The van der Waals surface area contributed by atoms with Crippen molar-refractivity contribution in [2.24, 2.45) is 0 Å². The number of aromatic nitrogens is 3. The molecule has 0 atom stereocenters. The number of hydrogen-bond acceptors (Lipinski definition) is 3. The SMILES string of the molecule is c1ccc(N(c2ccccc2)c2ccc3c(c2)c2ccccc2c2nc4ccc5c(c6ccccc6n5-c5cc(-c6ccc7ccccc7c6)cc(-c6ccc7ccccc7c6)c5)c4nc32)cc1. The van der Waals surface area contributed by atoms with Gasteiger partial charge in [0.1, 0.15) is 0 Å². The highest BCUT2D eigenvalue weighted by atomic mass is 15.1. The van der Waals surface area contributed by atoms with Gasteiger partial charge in [0, 0.05) is 44.3 Å². The lowest BCUT2D eigenvalue weighted by atomic mass is 9.95. The minimum Gasteiger partial charge on any atom is -0.310 e. The zero-order valence-corrected chi connectivity index (χ0v) is 36.9. The zero-order valence-electron chi connectivity index (χ0n) is 36.9. The van der Waals surface area contributed by atoms with Crippen LogP contribution in [0.1, 0.15) is 0 Å². The van der Waals surface area contributed by atoms with E-state index < -0.39 is 0 Å². The van der Waals surface area contributed by atoms with E-state index in [1.165, 1.54) is 32.7 Å². The summed E-state index contributed by atoms with van der Waals surface area (Å²) in [6.07, 6.45) is 0. The standard InChI is InChI=1S/C64H40N4/c1-3-19-49(20-4-1)67(50-21-5-2-6-22-50)51-31-32-55-57(40-51)53-23-11-12-24-54(53)62-63(55)66-64-58(65-62)33-34-60-61(64)56-25-13-14-26-59(56)68(60)52-38-47(45-29-27-41-15-7-9-17-43(41)35-45)37-48(39-52)46-30-28-42-16-8-10-18-44(42)36-46/h1-40H. The molecule has 68 heavy (non-hydrogen) atoms. The summed E-state index contributed by atoms with van der Waals surface area (Å²) in [4.78, 5) is 13.6. The van der Waals surface area contributed by atoms with Crippen LogP contribution in [0.15, 0.2) is 243 Å². The van der Waals surface area contributed by atoms with Crippen LogP contribution < -0.4 is 4.90 Å². The summed E-state index contributed by atoms with van der Waals surface area (Å²) < 4.78 is 2.43. The molecule has 2 aromatic heterocycles. The lowest BCUT2D eigenvalue weighted by Gasteiger charge is -2.26. The number of anilines is 3. The highest BCUT2D eigenvalue weighted by Gasteiger charge is 2.21. The van der Waals surface area contributed by atoms with Crippen molar-refractivity contribution in [3.8, 4) is 27.9 Å².